The number of carbonyl (C=O) groups excluding carboxylic acids is 1. The van der Waals surface area contributed by atoms with Crippen molar-refractivity contribution in [3.05, 3.63) is 77.5 Å². The fourth-order valence-electron chi connectivity index (χ4n) is 2.67. The highest BCUT2D eigenvalue weighted by atomic mass is 16.5. The highest BCUT2D eigenvalue weighted by Gasteiger charge is 2.21. The Hall–Kier alpha value is -3.68. The molecule has 1 heterocycles. The van der Waals surface area contributed by atoms with Crippen molar-refractivity contribution in [3.63, 3.8) is 0 Å². The summed E-state index contributed by atoms with van der Waals surface area (Å²) in [7, 11) is 0. The van der Waals surface area contributed by atoms with Crippen molar-refractivity contribution in [2.45, 2.75) is 25.9 Å². The van der Waals surface area contributed by atoms with Crippen LogP contribution in [0, 0.1) is 0 Å². The summed E-state index contributed by atoms with van der Waals surface area (Å²) >= 11 is 0. The van der Waals surface area contributed by atoms with Crippen LogP contribution in [0.2, 0.25) is 0 Å². The molecule has 0 radical (unpaired) electrons. The normalized spacial score (nSPS) is 11.6. The number of hydrogen-bond donors (Lipinski definition) is 3. The third-order valence-electron chi connectivity index (χ3n) is 4.20. The van der Waals surface area contributed by atoms with Crippen molar-refractivity contribution in [1.82, 2.24) is 10.6 Å². The first-order chi connectivity index (χ1) is 13.5. The summed E-state index contributed by atoms with van der Waals surface area (Å²) in [5, 5.41) is 18.1. The minimum atomic E-state index is -0.989. The lowest BCUT2D eigenvalue weighted by molar-refractivity contribution is -0.782. The maximum absolute atomic E-state index is 12.0. The molecule has 28 heavy (non-hydrogen) atoms. The van der Waals surface area contributed by atoms with Crippen molar-refractivity contribution in [2.24, 2.45) is 0 Å². The van der Waals surface area contributed by atoms with Crippen molar-refractivity contribution in [3.8, 4) is 0 Å². The molecule has 0 bridgehead atoms. The minimum absolute atomic E-state index is 0.0671. The summed E-state index contributed by atoms with van der Waals surface area (Å²) in [6.07, 6.45) is 2.42. The van der Waals surface area contributed by atoms with E-state index in [1.54, 1.807) is 23.0 Å². The zero-order valence-corrected chi connectivity index (χ0v) is 15.3. The minimum Gasteiger partial charge on any atom is -0.478 e. The Morgan fingerprint density at radius 2 is 1.82 bits per heavy atom. The van der Waals surface area contributed by atoms with Crippen LogP contribution in [0.3, 0.4) is 0 Å². The van der Waals surface area contributed by atoms with Crippen molar-refractivity contribution >= 4 is 17.9 Å². The molecule has 3 aromatic rings. The zero-order valence-electron chi connectivity index (χ0n) is 15.3. The molecule has 0 saturated carbocycles. The number of nitrogens with one attached hydrogen (secondary N) is 2. The molecular formula is C20H21N4O4+. The fourth-order valence-corrected chi connectivity index (χ4v) is 2.67. The van der Waals surface area contributed by atoms with Gasteiger partial charge in [0.2, 0.25) is 5.27 Å². The Morgan fingerprint density at radius 1 is 1.11 bits per heavy atom. The molecule has 8 nitrogen and oxygen atoms in total. The Labute approximate surface area is 161 Å². The molecule has 0 aliphatic rings. The predicted octanol–water partition coefficient (Wildman–Crippen LogP) is 2.79. The van der Waals surface area contributed by atoms with E-state index in [0.717, 1.165) is 12.0 Å². The monoisotopic (exact) mass is 381 g/mol. The molecule has 0 aliphatic carbocycles. The Balaban J connectivity index is 1.50. The van der Waals surface area contributed by atoms with E-state index < -0.39 is 12.0 Å². The number of amides is 2. The zero-order chi connectivity index (χ0) is 19.9. The number of nitrogens with zero attached hydrogens (tertiary/aromatic N) is 2. The van der Waals surface area contributed by atoms with Gasteiger partial charge in [0.05, 0.1) is 5.56 Å². The Morgan fingerprint density at radius 3 is 2.50 bits per heavy atom. The van der Waals surface area contributed by atoms with E-state index in [0.29, 0.717) is 0 Å². The standard InChI is InChI=1S/C20H20N4O4/c1-14(11-15-5-3-2-4-6-15)24-13-18(28-23-24)22-20(27)21-12-16-7-9-17(10-8-16)19(25)26/h2-10,13-14H,11-12H2,1H3,(H2-,21,22,23,25,26,27)/p+1. The van der Waals surface area contributed by atoms with Gasteiger partial charge in [-0.05, 0) is 27.9 Å². The number of aromatic nitrogens is 2. The molecule has 2 amide bonds. The first-order valence-corrected chi connectivity index (χ1v) is 8.80. The van der Waals surface area contributed by atoms with E-state index in [-0.39, 0.29) is 24.0 Å². The molecule has 0 aliphatic heterocycles. The second-order valence-electron chi connectivity index (χ2n) is 6.39. The molecule has 1 unspecified atom stereocenters. The molecule has 3 N–H and O–H groups in total. The van der Waals surface area contributed by atoms with E-state index in [1.165, 1.54) is 17.7 Å². The van der Waals surface area contributed by atoms with Crippen LogP contribution in [-0.4, -0.2) is 22.4 Å². The summed E-state index contributed by atoms with van der Waals surface area (Å²) in [6.45, 7) is 2.27. The van der Waals surface area contributed by atoms with Gasteiger partial charge in [0, 0.05) is 19.9 Å². The quantitative estimate of drug-likeness (QED) is 0.546. The largest absolute Gasteiger partial charge is 0.478 e. The fraction of sp³-hybridized carbons (Fsp3) is 0.200. The molecule has 0 fully saturated rings. The summed E-state index contributed by atoms with van der Waals surface area (Å²) < 4.78 is 6.82. The van der Waals surface area contributed by atoms with E-state index in [9.17, 15) is 9.59 Å². The molecule has 1 aromatic heterocycles. The van der Waals surface area contributed by atoms with Gasteiger partial charge in [-0.25, -0.2) is 9.59 Å². The predicted molar refractivity (Wildman–Crippen MR) is 101 cm³/mol. The molecule has 3 rings (SSSR count). The molecule has 0 saturated heterocycles. The molecular weight excluding hydrogens is 360 g/mol. The number of rotatable bonds is 7. The summed E-state index contributed by atoms with van der Waals surface area (Å²) in [4.78, 5) is 22.9. The van der Waals surface area contributed by atoms with Gasteiger partial charge in [-0.15, -0.1) is 0 Å². The SMILES string of the molecule is CC(Cc1ccccc1)[n+]1cc(NC(=O)NCc2ccc(C(=O)O)cc2)on1. The summed E-state index contributed by atoms with van der Waals surface area (Å²) in [5.41, 5.74) is 2.17. The lowest BCUT2D eigenvalue weighted by Gasteiger charge is -2.05. The molecule has 1 atom stereocenters. The lowest BCUT2D eigenvalue weighted by Crippen LogP contribution is -2.40. The smallest absolute Gasteiger partial charge is 0.335 e. The number of benzene rings is 2. The number of carboxylic acid groups (broad SMARTS) is 1. The number of anilines is 1. The van der Waals surface area contributed by atoms with Gasteiger partial charge in [0.25, 0.3) is 6.20 Å². The number of carboxylic acids is 1. The molecule has 2 aromatic carbocycles. The van der Waals surface area contributed by atoms with Crippen LogP contribution >= 0.6 is 0 Å². The maximum atomic E-state index is 12.0. The van der Waals surface area contributed by atoms with E-state index in [2.05, 4.69) is 15.9 Å². The number of urea groups is 1. The van der Waals surface area contributed by atoms with E-state index in [1.807, 2.05) is 37.3 Å². The third-order valence-corrected chi connectivity index (χ3v) is 4.20. The first-order valence-electron chi connectivity index (χ1n) is 8.80. The van der Waals surface area contributed by atoms with Crippen molar-refractivity contribution in [2.75, 3.05) is 5.32 Å². The topological polar surface area (TPSA) is 108 Å². The Bertz CT molecular complexity index is 938. The van der Waals surface area contributed by atoms with Crippen molar-refractivity contribution in [1.29, 1.82) is 0 Å². The third kappa shape index (κ3) is 5.16. The Kier molecular flexibility index (Phi) is 6.01. The second kappa shape index (κ2) is 8.81. The summed E-state index contributed by atoms with van der Waals surface area (Å²) in [5.74, 6) is -0.754. The van der Waals surface area contributed by atoms with Gasteiger partial charge in [-0.3, -0.25) is 9.84 Å². The summed E-state index contributed by atoms with van der Waals surface area (Å²) in [6, 6.07) is 15.9. The van der Waals surface area contributed by atoms with Gasteiger partial charge >= 0.3 is 17.9 Å². The van der Waals surface area contributed by atoms with Gasteiger partial charge < -0.3 is 10.4 Å². The number of carbonyl (C=O) groups is 2. The highest BCUT2D eigenvalue weighted by Crippen LogP contribution is 2.10. The average Bonchev–Trinajstić information content (AvgIpc) is 3.16. The van der Waals surface area contributed by atoms with Gasteiger partial charge in [-0.2, -0.15) is 0 Å². The molecule has 0 spiro atoms. The van der Waals surface area contributed by atoms with E-state index in [4.69, 9.17) is 9.63 Å². The maximum Gasteiger partial charge on any atom is 0.335 e. The van der Waals surface area contributed by atoms with Gasteiger partial charge in [-0.1, -0.05) is 42.5 Å². The van der Waals surface area contributed by atoms with E-state index >= 15 is 0 Å². The number of hydrogen-bond acceptors (Lipinski definition) is 4. The first kappa shape index (κ1) is 19.1. The molecule has 8 heteroatoms. The van der Waals surface area contributed by atoms with Crippen LogP contribution in [0.4, 0.5) is 10.7 Å². The van der Waals surface area contributed by atoms with Gasteiger partial charge in [0.15, 0.2) is 6.04 Å². The van der Waals surface area contributed by atoms with Crippen LogP contribution in [0.15, 0.2) is 65.3 Å². The van der Waals surface area contributed by atoms with Crippen LogP contribution in [-0.2, 0) is 13.0 Å². The van der Waals surface area contributed by atoms with Gasteiger partial charge in [0.1, 0.15) is 0 Å². The molecule has 144 valence electrons. The van der Waals surface area contributed by atoms with Crippen LogP contribution in [0.5, 0.6) is 0 Å². The average molecular weight is 381 g/mol. The van der Waals surface area contributed by atoms with Crippen LogP contribution in [0.25, 0.3) is 0 Å². The van der Waals surface area contributed by atoms with Crippen molar-refractivity contribution < 1.29 is 23.9 Å². The van der Waals surface area contributed by atoms with Crippen LogP contribution in [0.1, 0.15) is 34.5 Å². The lowest BCUT2D eigenvalue weighted by atomic mass is 10.1. The van der Waals surface area contributed by atoms with Crippen LogP contribution < -0.4 is 15.3 Å². The second-order valence-corrected chi connectivity index (χ2v) is 6.39. The highest BCUT2D eigenvalue weighted by molar-refractivity contribution is 5.88. The number of aromatic carboxylic acids is 1.